The first-order chi connectivity index (χ1) is 19.2. The van der Waals surface area contributed by atoms with Gasteiger partial charge in [0, 0.05) is 18.0 Å². The second-order valence-corrected chi connectivity index (χ2v) is 12.2. The van der Waals surface area contributed by atoms with Crippen LogP contribution in [0.2, 0.25) is 0 Å². The number of amides is 2. The lowest BCUT2D eigenvalue weighted by Crippen LogP contribution is -2.55. The molecule has 3 aliphatic rings. The van der Waals surface area contributed by atoms with Crippen LogP contribution in [-0.2, 0) is 25.5 Å². The molecule has 1 aromatic heterocycles. The molecule has 1 aromatic carbocycles. The molecule has 1 N–H and O–H groups in total. The Bertz CT molecular complexity index is 1240. The Hall–Kier alpha value is -3.36. The first kappa shape index (κ1) is 28.2. The van der Waals surface area contributed by atoms with Gasteiger partial charge in [0.2, 0.25) is 11.8 Å². The van der Waals surface area contributed by atoms with Crippen molar-refractivity contribution in [3.8, 4) is 5.88 Å². The predicted octanol–water partition coefficient (Wildman–Crippen LogP) is 4.79. The van der Waals surface area contributed by atoms with Crippen LogP contribution < -0.4 is 10.1 Å². The molecule has 4 bridgehead atoms. The van der Waals surface area contributed by atoms with E-state index in [9.17, 15) is 14.4 Å². The molecule has 2 aromatic rings. The van der Waals surface area contributed by atoms with E-state index in [0.29, 0.717) is 12.3 Å². The van der Waals surface area contributed by atoms with Gasteiger partial charge in [-0.05, 0) is 73.4 Å². The fraction of sp³-hybridized carbons (Fsp3) is 0.613. The summed E-state index contributed by atoms with van der Waals surface area (Å²) in [5, 5.41) is 4.82. The molecule has 1 saturated carbocycles. The smallest absolute Gasteiger partial charge is 0.407 e. The minimum absolute atomic E-state index is 0.0142. The van der Waals surface area contributed by atoms with Crippen molar-refractivity contribution in [3.63, 3.8) is 0 Å². The van der Waals surface area contributed by atoms with E-state index in [1.807, 2.05) is 6.07 Å². The van der Waals surface area contributed by atoms with Gasteiger partial charge in [-0.3, -0.25) is 4.79 Å². The Morgan fingerprint density at radius 2 is 1.98 bits per heavy atom. The third-order valence-corrected chi connectivity index (χ3v) is 8.50. The fourth-order valence-corrected chi connectivity index (χ4v) is 6.31. The van der Waals surface area contributed by atoms with Crippen molar-refractivity contribution in [2.75, 3.05) is 19.8 Å². The summed E-state index contributed by atoms with van der Waals surface area (Å²) in [6.45, 7) is 6.58. The van der Waals surface area contributed by atoms with E-state index >= 15 is 0 Å². The topological polar surface area (TPSA) is 107 Å². The van der Waals surface area contributed by atoms with Gasteiger partial charge in [-0.2, -0.15) is 0 Å². The summed E-state index contributed by atoms with van der Waals surface area (Å²) in [4.78, 5) is 46.2. The molecule has 0 radical (unpaired) electrons. The Morgan fingerprint density at radius 3 is 2.75 bits per heavy atom. The Morgan fingerprint density at radius 1 is 1.18 bits per heavy atom. The molecule has 3 heterocycles. The maximum absolute atomic E-state index is 14.1. The van der Waals surface area contributed by atoms with Crippen LogP contribution in [0.25, 0.3) is 10.8 Å². The third-order valence-electron chi connectivity index (χ3n) is 8.50. The minimum Gasteiger partial charge on any atom is -0.472 e. The van der Waals surface area contributed by atoms with Crippen molar-refractivity contribution in [2.45, 2.75) is 90.3 Å². The molecular weight excluding hydrogens is 510 g/mol. The lowest BCUT2D eigenvalue weighted by atomic mass is 9.87. The van der Waals surface area contributed by atoms with Crippen molar-refractivity contribution < 1.29 is 28.6 Å². The highest BCUT2D eigenvalue weighted by Gasteiger charge is 2.46. The van der Waals surface area contributed by atoms with Gasteiger partial charge < -0.3 is 24.4 Å². The molecule has 216 valence electrons. The number of nitrogens with zero attached hydrogens (tertiary/aromatic N) is 2. The summed E-state index contributed by atoms with van der Waals surface area (Å²) in [5.74, 6) is -0.270. The van der Waals surface area contributed by atoms with E-state index < -0.39 is 30.3 Å². The first-order valence-corrected chi connectivity index (χ1v) is 14.7. The van der Waals surface area contributed by atoms with Crippen LogP contribution >= 0.6 is 0 Å². The number of benzene rings is 1. The van der Waals surface area contributed by atoms with Crippen molar-refractivity contribution in [2.24, 2.45) is 11.3 Å². The van der Waals surface area contributed by atoms with Gasteiger partial charge in [-0.1, -0.05) is 38.8 Å². The van der Waals surface area contributed by atoms with Crippen molar-refractivity contribution in [1.29, 1.82) is 0 Å². The number of esters is 1. The zero-order valence-electron chi connectivity index (χ0n) is 23.8. The molecule has 2 aliphatic heterocycles. The van der Waals surface area contributed by atoms with Crippen molar-refractivity contribution in [3.05, 3.63) is 36.0 Å². The summed E-state index contributed by atoms with van der Waals surface area (Å²) in [6, 6.07) is 6.70. The summed E-state index contributed by atoms with van der Waals surface area (Å²) in [7, 11) is 0. The number of pyridine rings is 1. The predicted molar refractivity (Wildman–Crippen MR) is 150 cm³/mol. The molecule has 1 aliphatic carbocycles. The number of fused-ring (bicyclic) bond motifs is 3. The second kappa shape index (κ2) is 12.0. The molecule has 1 unspecified atom stereocenters. The molecule has 2 fully saturated rings. The summed E-state index contributed by atoms with van der Waals surface area (Å²) in [5.41, 5.74) is 0.951. The molecule has 9 heteroatoms. The van der Waals surface area contributed by atoms with E-state index in [-0.39, 0.29) is 37.0 Å². The number of hydrogen-bond acceptors (Lipinski definition) is 7. The molecule has 3 atom stereocenters. The number of aromatic nitrogens is 1. The third kappa shape index (κ3) is 6.34. The average Bonchev–Trinajstić information content (AvgIpc) is 3.61. The summed E-state index contributed by atoms with van der Waals surface area (Å²) < 4.78 is 17.4. The van der Waals surface area contributed by atoms with Gasteiger partial charge in [0.1, 0.15) is 18.2 Å². The first-order valence-electron chi connectivity index (χ1n) is 14.7. The number of nitrogens with one attached hydrogen (secondary N) is 1. The highest BCUT2D eigenvalue weighted by Crippen LogP contribution is 2.33. The monoisotopic (exact) mass is 551 g/mol. The summed E-state index contributed by atoms with van der Waals surface area (Å²) >= 11 is 0. The SMILES string of the molecule is CCOC(=O)C1C[C@@H]2CN1C(=O)[C@H](C1CCCC1)NC(=O)OCC(C)(C)CCCc1ccc3ccnc(c3c1)O2. The molecule has 1 saturated heterocycles. The minimum atomic E-state index is -0.800. The number of carbonyl (C=O) groups excluding carboxylic acids is 3. The second-order valence-electron chi connectivity index (χ2n) is 12.2. The van der Waals surface area contributed by atoms with E-state index in [1.54, 1.807) is 13.1 Å². The Labute approximate surface area is 235 Å². The molecule has 40 heavy (non-hydrogen) atoms. The molecule has 2 amide bonds. The van der Waals surface area contributed by atoms with E-state index in [1.165, 1.54) is 10.5 Å². The molecule has 9 nitrogen and oxygen atoms in total. The largest absolute Gasteiger partial charge is 0.472 e. The standard InChI is InChI=1S/C31H41N3O6/c1-4-38-29(36)25-17-23-18-34(25)28(35)26(22-9-5-6-10-22)33-30(37)39-19-31(2,3)14-7-8-20-11-12-21-13-15-32-27(40-23)24(21)16-20/h11-13,15-16,22-23,25-26H,4-10,14,17-19H2,1-3H3,(H,33,37)/t23-,25?,26+/m1/s1. The van der Waals surface area contributed by atoms with Gasteiger partial charge in [0.25, 0.3) is 0 Å². The normalized spacial score (nSPS) is 26.1. The molecule has 0 spiro atoms. The highest BCUT2D eigenvalue weighted by atomic mass is 16.6. The summed E-state index contributed by atoms with van der Waals surface area (Å²) in [6.07, 6.45) is 7.32. The van der Waals surface area contributed by atoms with Crippen LogP contribution in [0, 0.1) is 11.3 Å². The van der Waals surface area contributed by atoms with Crippen LogP contribution in [0.4, 0.5) is 4.79 Å². The zero-order valence-corrected chi connectivity index (χ0v) is 23.8. The van der Waals surface area contributed by atoms with Gasteiger partial charge in [-0.25, -0.2) is 14.6 Å². The maximum atomic E-state index is 14.1. The van der Waals surface area contributed by atoms with Gasteiger partial charge in [0.15, 0.2) is 0 Å². The average molecular weight is 552 g/mol. The van der Waals surface area contributed by atoms with Gasteiger partial charge in [0.05, 0.1) is 19.8 Å². The highest BCUT2D eigenvalue weighted by molar-refractivity contribution is 5.91. The van der Waals surface area contributed by atoms with E-state index in [4.69, 9.17) is 14.2 Å². The number of ether oxygens (including phenoxy) is 3. The van der Waals surface area contributed by atoms with E-state index in [2.05, 4.69) is 42.3 Å². The van der Waals surface area contributed by atoms with Gasteiger partial charge >= 0.3 is 12.1 Å². The van der Waals surface area contributed by atoms with Crippen LogP contribution in [0.1, 0.15) is 71.3 Å². The van der Waals surface area contributed by atoms with Crippen LogP contribution in [-0.4, -0.2) is 65.8 Å². The number of carbonyl (C=O) groups is 3. The number of cyclic esters (lactones) is 1. The number of hydrogen-bond donors (Lipinski definition) is 1. The molecular formula is C31H41N3O6. The number of alkyl carbamates (subject to hydrolysis) is 1. The lowest BCUT2D eigenvalue weighted by molar-refractivity contribution is -0.154. The Kier molecular flexibility index (Phi) is 8.47. The van der Waals surface area contributed by atoms with Gasteiger partial charge in [-0.15, -0.1) is 0 Å². The Balaban J connectivity index is 1.50. The maximum Gasteiger partial charge on any atom is 0.407 e. The van der Waals surface area contributed by atoms with Crippen LogP contribution in [0.3, 0.4) is 0 Å². The van der Waals surface area contributed by atoms with Crippen molar-refractivity contribution in [1.82, 2.24) is 15.2 Å². The van der Waals surface area contributed by atoms with Crippen LogP contribution in [0.5, 0.6) is 5.88 Å². The van der Waals surface area contributed by atoms with Crippen molar-refractivity contribution >= 4 is 28.7 Å². The lowest BCUT2D eigenvalue weighted by Gasteiger charge is -2.31. The number of aryl methyl sites for hydroxylation is 1. The number of rotatable bonds is 3. The fourth-order valence-electron chi connectivity index (χ4n) is 6.31. The molecule has 5 rings (SSSR count). The zero-order chi connectivity index (χ0) is 28.3. The van der Waals surface area contributed by atoms with Crippen LogP contribution in [0.15, 0.2) is 30.5 Å². The quantitative estimate of drug-likeness (QED) is 0.547. The van der Waals surface area contributed by atoms with E-state index in [0.717, 1.165) is 55.7 Å².